The average molecular weight is 711 g/mol. The first-order chi connectivity index (χ1) is 19.8. The second kappa shape index (κ2) is 13.3. The van der Waals surface area contributed by atoms with Crippen molar-refractivity contribution in [1.29, 1.82) is 0 Å². The molecular formula is C32H58CeN8O. The van der Waals surface area contributed by atoms with Gasteiger partial charge in [-0.1, -0.05) is 51.4 Å². The summed E-state index contributed by atoms with van der Waals surface area (Å²) in [4.78, 5) is 0. The summed E-state index contributed by atoms with van der Waals surface area (Å²) in [5.41, 5.74) is 0. The second-order valence-electron chi connectivity index (χ2n) is 15.6. The number of hydrogen-bond acceptors (Lipinski definition) is 8. The van der Waals surface area contributed by atoms with Gasteiger partial charge in [0.25, 0.3) is 0 Å². The van der Waals surface area contributed by atoms with Gasteiger partial charge in [0.2, 0.25) is 0 Å². The molecule has 9 nitrogen and oxygen atoms in total. The predicted octanol–water partition coefficient (Wildman–Crippen LogP) is 1.78. The molecule has 4 saturated carbocycles. The molecule has 8 unspecified atom stereocenters. The molecule has 9 fully saturated rings. The Bertz CT molecular complexity index is 723. The Balaban J connectivity index is 0.00000144. The summed E-state index contributed by atoms with van der Waals surface area (Å²) in [6.45, 7) is 0. The van der Waals surface area contributed by atoms with E-state index in [1.54, 1.807) is 0 Å². The zero-order valence-electron chi connectivity index (χ0n) is 25.6. The molecular weight excluding hydrogens is 653 g/mol. The van der Waals surface area contributed by atoms with Gasteiger partial charge in [-0.05, 0) is 98.7 Å². The Morgan fingerprint density at radius 1 is 0.238 bits per heavy atom. The first-order valence-electron chi connectivity index (χ1n) is 17.9. The SMILES string of the molecule is C1CCC2C3NC(NC4NC(NC5NC(NC6NC(N3)C3CCCCC63)C3CCCCC53)C3CCCCC43)C2C1.O.[Ce]. The monoisotopic (exact) mass is 710 g/mol. The van der Waals surface area contributed by atoms with Crippen LogP contribution in [0.15, 0.2) is 0 Å². The van der Waals surface area contributed by atoms with Crippen LogP contribution in [-0.2, 0) is 0 Å². The minimum atomic E-state index is 0. The van der Waals surface area contributed by atoms with E-state index in [9.17, 15) is 0 Å². The normalized spacial score (nSPS) is 54.9. The van der Waals surface area contributed by atoms with Crippen molar-refractivity contribution < 1.29 is 47.2 Å². The standard InChI is InChI=1S/C32H56N8.Ce.H2O/c1-2-10-18-17(9-1)25-33-26(18)38-28-21-13-5-6-14-22(21)30(35-28)40-32-24-16-8-7-15-23(24)31(36-32)39-29-20-12-4-3-11-19(20)27(34-29)37-25;;/h17-40H,1-16H2;;1H2. The van der Waals surface area contributed by atoms with Crippen LogP contribution < -0.4 is 42.5 Å². The van der Waals surface area contributed by atoms with Gasteiger partial charge in [0.1, 0.15) is 0 Å². The third-order valence-corrected chi connectivity index (χ3v) is 13.8. The smallest absolute Gasteiger partial charge is 0.0628 e. The summed E-state index contributed by atoms with van der Waals surface area (Å²) in [5, 5.41) is 33.8. The van der Waals surface area contributed by atoms with Crippen molar-refractivity contribution in [3.05, 3.63) is 0 Å². The summed E-state index contributed by atoms with van der Waals surface area (Å²) < 4.78 is 0. The molecule has 0 amide bonds. The Morgan fingerprint density at radius 2 is 0.357 bits per heavy atom. The van der Waals surface area contributed by atoms with E-state index in [4.69, 9.17) is 0 Å². The molecule has 0 aromatic carbocycles. The summed E-state index contributed by atoms with van der Waals surface area (Å²) >= 11 is 0. The Labute approximate surface area is 287 Å². The summed E-state index contributed by atoms with van der Waals surface area (Å²) in [6.07, 6.45) is 25.6. The quantitative estimate of drug-likeness (QED) is 0.191. The Hall–Kier alpha value is 1.02. The number of fused-ring (bicyclic) bond motifs is 20. The van der Waals surface area contributed by atoms with Crippen LogP contribution in [0.25, 0.3) is 0 Å². The maximum atomic E-state index is 4.26. The van der Waals surface area contributed by atoms with Crippen LogP contribution in [0.2, 0.25) is 0 Å². The first kappa shape index (κ1) is 31.6. The maximum absolute atomic E-state index is 4.26. The molecule has 236 valence electrons. The molecule has 9 rings (SSSR count). The molecule has 10 N–H and O–H groups in total. The van der Waals surface area contributed by atoms with Crippen LogP contribution >= 0.6 is 0 Å². The molecule has 8 atom stereocenters. The van der Waals surface area contributed by atoms with Crippen molar-refractivity contribution in [3.63, 3.8) is 0 Å². The van der Waals surface area contributed by atoms with Gasteiger partial charge in [0.05, 0.1) is 49.3 Å². The molecule has 5 aliphatic heterocycles. The molecule has 10 heteroatoms. The van der Waals surface area contributed by atoms with Gasteiger partial charge in [0, 0.05) is 41.7 Å². The van der Waals surface area contributed by atoms with E-state index in [1.165, 1.54) is 103 Å². The minimum Gasteiger partial charge on any atom is -0.412 e. The fraction of sp³-hybridized carbons (Fsp3) is 1.00. The molecule has 8 bridgehead atoms. The molecule has 0 spiro atoms. The number of rotatable bonds is 0. The van der Waals surface area contributed by atoms with Crippen LogP contribution in [0.5, 0.6) is 0 Å². The zero-order valence-corrected chi connectivity index (χ0v) is 28.7. The van der Waals surface area contributed by atoms with Crippen LogP contribution in [0.4, 0.5) is 0 Å². The predicted molar refractivity (Wildman–Crippen MR) is 161 cm³/mol. The van der Waals surface area contributed by atoms with Crippen molar-refractivity contribution in [2.75, 3.05) is 0 Å². The molecule has 0 aromatic rings. The summed E-state index contributed by atoms with van der Waals surface area (Å²) in [6, 6.07) is 0. The summed E-state index contributed by atoms with van der Waals surface area (Å²) in [7, 11) is 0. The van der Waals surface area contributed by atoms with Crippen LogP contribution in [0, 0.1) is 89.1 Å². The molecule has 5 saturated heterocycles. The molecule has 4 aliphatic carbocycles. The second-order valence-corrected chi connectivity index (χ2v) is 15.6. The van der Waals surface area contributed by atoms with Gasteiger partial charge < -0.3 is 5.48 Å². The summed E-state index contributed by atoms with van der Waals surface area (Å²) in [5.74, 6) is 5.97. The van der Waals surface area contributed by atoms with E-state index < -0.39 is 0 Å². The van der Waals surface area contributed by atoms with E-state index in [-0.39, 0.29) is 47.2 Å². The number of nitrogens with one attached hydrogen (secondary N) is 8. The van der Waals surface area contributed by atoms with Gasteiger partial charge in [-0.25, -0.2) is 0 Å². The van der Waals surface area contributed by atoms with E-state index >= 15 is 0 Å². The third-order valence-electron chi connectivity index (χ3n) is 13.8. The largest absolute Gasteiger partial charge is 0.412 e. The van der Waals surface area contributed by atoms with E-state index in [0.29, 0.717) is 49.3 Å². The molecule has 42 heavy (non-hydrogen) atoms. The topological polar surface area (TPSA) is 128 Å². The average Bonchev–Trinajstić information content (AvgIpc) is 3.73. The van der Waals surface area contributed by atoms with E-state index in [2.05, 4.69) is 42.5 Å². The van der Waals surface area contributed by atoms with Crippen molar-refractivity contribution in [2.45, 2.75) is 152 Å². The van der Waals surface area contributed by atoms with Crippen LogP contribution in [0.1, 0.15) is 103 Å². The fourth-order valence-electron chi connectivity index (χ4n) is 12.0. The zero-order chi connectivity index (χ0) is 26.2. The van der Waals surface area contributed by atoms with Gasteiger partial charge in [-0.15, -0.1) is 0 Å². The van der Waals surface area contributed by atoms with Gasteiger partial charge in [-0.2, -0.15) is 0 Å². The maximum Gasteiger partial charge on any atom is 0.0628 e. The number of hydrogen-bond donors (Lipinski definition) is 8. The van der Waals surface area contributed by atoms with Gasteiger partial charge >= 0.3 is 0 Å². The fourth-order valence-corrected chi connectivity index (χ4v) is 12.0. The molecule has 5 heterocycles. The van der Waals surface area contributed by atoms with Gasteiger partial charge in [0.15, 0.2) is 0 Å². The van der Waals surface area contributed by atoms with Crippen LogP contribution in [0.3, 0.4) is 0 Å². The van der Waals surface area contributed by atoms with E-state index in [1.807, 2.05) is 0 Å². The van der Waals surface area contributed by atoms with Crippen molar-refractivity contribution in [3.8, 4) is 0 Å². The van der Waals surface area contributed by atoms with Crippen molar-refractivity contribution in [2.24, 2.45) is 47.3 Å². The Kier molecular flexibility index (Phi) is 9.98. The first-order valence-corrected chi connectivity index (χ1v) is 17.9. The van der Waals surface area contributed by atoms with Crippen molar-refractivity contribution >= 4 is 0 Å². The van der Waals surface area contributed by atoms with E-state index in [0.717, 1.165) is 47.3 Å². The third kappa shape index (κ3) is 5.53. The minimum absolute atomic E-state index is 0. The van der Waals surface area contributed by atoms with Gasteiger partial charge in [-0.3, -0.25) is 42.5 Å². The molecule has 0 aromatic heterocycles. The van der Waals surface area contributed by atoms with Crippen LogP contribution in [-0.4, -0.2) is 54.8 Å². The Morgan fingerprint density at radius 3 is 0.476 bits per heavy atom. The van der Waals surface area contributed by atoms with Crippen molar-refractivity contribution in [1.82, 2.24) is 42.5 Å². The molecule has 9 aliphatic rings. The molecule has 0 radical (unpaired) electrons.